The van der Waals surface area contributed by atoms with Crippen molar-refractivity contribution < 1.29 is 0 Å². The third-order valence-corrected chi connectivity index (χ3v) is 12.0. The summed E-state index contributed by atoms with van der Waals surface area (Å²) in [6.07, 6.45) is 0. The number of aromatic nitrogens is 5. The Kier molecular flexibility index (Phi) is 8.42. The van der Waals surface area contributed by atoms with E-state index in [1.807, 2.05) is 36.4 Å². The Morgan fingerprint density at radius 1 is 0.242 bits per heavy atom. The molecule has 0 radical (unpaired) electrons. The summed E-state index contributed by atoms with van der Waals surface area (Å²) >= 11 is 0. The highest BCUT2D eigenvalue weighted by molar-refractivity contribution is 6.13. The highest BCUT2D eigenvalue weighted by atomic mass is 15.2. The first-order valence-electron chi connectivity index (χ1n) is 20.9. The van der Waals surface area contributed by atoms with Crippen molar-refractivity contribution in [1.82, 2.24) is 24.1 Å². The van der Waals surface area contributed by atoms with Gasteiger partial charge in [-0.15, -0.1) is 0 Å². The first-order valence-corrected chi connectivity index (χ1v) is 20.9. The quantitative estimate of drug-likeness (QED) is 0.162. The number of hydrogen-bond donors (Lipinski definition) is 0. The molecule has 12 rings (SSSR count). The smallest absolute Gasteiger partial charge is 0.238 e. The molecule has 3 aromatic heterocycles. The van der Waals surface area contributed by atoms with Crippen LogP contribution < -0.4 is 0 Å². The zero-order chi connectivity index (χ0) is 41.0. The molecule has 0 bridgehead atoms. The second kappa shape index (κ2) is 14.7. The lowest BCUT2D eigenvalue weighted by Crippen LogP contribution is -2.06. The minimum Gasteiger partial charge on any atom is -0.309 e. The van der Waals surface area contributed by atoms with E-state index in [1.165, 1.54) is 38.5 Å². The normalized spacial score (nSPS) is 11.5. The Bertz CT molecular complexity index is 3540. The molecule has 3 heterocycles. The molecule has 0 aliphatic carbocycles. The molecule has 290 valence electrons. The van der Waals surface area contributed by atoms with E-state index in [0.29, 0.717) is 17.6 Å². The summed E-state index contributed by atoms with van der Waals surface area (Å²) in [6.45, 7) is 0. The first kappa shape index (κ1) is 35.5. The molecule has 0 unspecified atom stereocenters. The largest absolute Gasteiger partial charge is 0.309 e. The van der Waals surface area contributed by atoms with Gasteiger partial charge in [0.25, 0.3) is 0 Å². The van der Waals surface area contributed by atoms with Gasteiger partial charge in [-0.3, -0.25) is 4.57 Å². The predicted octanol–water partition coefficient (Wildman–Crippen LogP) is 14.4. The zero-order valence-electron chi connectivity index (χ0n) is 33.6. The summed E-state index contributed by atoms with van der Waals surface area (Å²) in [5.41, 5.74) is 14.4. The van der Waals surface area contributed by atoms with E-state index in [4.69, 9.17) is 15.0 Å². The fraction of sp³-hybridized carbons (Fsp3) is 0. The maximum absolute atomic E-state index is 5.19. The summed E-state index contributed by atoms with van der Waals surface area (Å²) in [4.78, 5) is 15.4. The minimum absolute atomic E-state index is 0.572. The van der Waals surface area contributed by atoms with Crippen LogP contribution in [0.3, 0.4) is 0 Å². The van der Waals surface area contributed by atoms with Gasteiger partial charge in [0.1, 0.15) is 0 Å². The Morgan fingerprint density at radius 3 is 0.919 bits per heavy atom. The van der Waals surface area contributed by atoms with Crippen molar-refractivity contribution in [1.29, 1.82) is 0 Å². The maximum atomic E-state index is 5.19. The fourth-order valence-electron chi connectivity index (χ4n) is 8.99. The number of fused-ring (bicyclic) bond motifs is 6. The van der Waals surface area contributed by atoms with E-state index in [-0.39, 0.29) is 0 Å². The van der Waals surface area contributed by atoms with Crippen LogP contribution in [0.2, 0.25) is 0 Å². The van der Waals surface area contributed by atoms with Gasteiger partial charge in [0.05, 0.1) is 22.1 Å². The molecule has 12 aromatic rings. The van der Waals surface area contributed by atoms with Gasteiger partial charge >= 0.3 is 0 Å². The number of nitrogens with zero attached hydrogens (tertiary/aromatic N) is 5. The average molecular weight is 792 g/mol. The van der Waals surface area contributed by atoms with Crippen molar-refractivity contribution in [3.63, 3.8) is 0 Å². The van der Waals surface area contributed by atoms with E-state index >= 15 is 0 Å². The summed E-state index contributed by atoms with van der Waals surface area (Å²) in [5.74, 6) is 1.82. The van der Waals surface area contributed by atoms with Gasteiger partial charge in [-0.05, 0) is 94.0 Å². The van der Waals surface area contributed by atoms with Crippen LogP contribution in [0.15, 0.2) is 224 Å². The predicted molar refractivity (Wildman–Crippen MR) is 256 cm³/mol. The second-order valence-electron chi connectivity index (χ2n) is 15.7. The van der Waals surface area contributed by atoms with Gasteiger partial charge in [-0.1, -0.05) is 164 Å². The van der Waals surface area contributed by atoms with Gasteiger partial charge < -0.3 is 4.57 Å². The average Bonchev–Trinajstić information content (AvgIpc) is 3.86. The van der Waals surface area contributed by atoms with E-state index in [9.17, 15) is 0 Å². The van der Waals surface area contributed by atoms with Crippen LogP contribution >= 0.6 is 0 Å². The number of para-hydroxylation sites is 1. The van der Waals surface area contributed by atoms with Gasteiger partial charge in [0, 0.05) is 38.4 Å². The Morgan fingerprint density at radius 2 is 0.548 bits per heavy atom. The standard InChI is InChI=1S/C57H37N5/c1-6-16-38(17-7-1)42-26-30-51-47(34-42)48-36-44(28-31-52(48)61(51)46-24-14-5-15-25-46)45-29-33-54-50(37-45)49-35-43(39-18-8-2-9-19-39)27-32-53(49)62(54)57-59-55(40-20-10-3-11-21-40)58-56(60-57)41-22-12-4-13-23-41/h1-37H. The highest BCUT2D eigenvalue weighted by Gasteiger charge is 2.20. The molecule has 0 fully saturated rings. The zero-order valence-corrected chi connectivity index (χ0v) is 33.6. The molecule has 0 saturated heterocycles. The van der Waals surface area contributed by atoms with Crippen molar-refractivity contribution in [2.24, 2.45) is 0 Å². The summed E-state index contributed by atoms with van der Waals surface area (Å²) in [5, 5.41) is 4.67. The van der Waals surface area contributed by atoms with E-state index in [2.05, 4.69) is 197 Å². The molecular weight excluding hydrogens is 755 g/mol. The van der Waals surface area contributed by atoms with E-state index in [1.54, 1.807) is 0 Å². The van der Waals surface area contributed by atoms with Gasteiger partial charge in [-0.2, -0.15) is 9.97 Å². The minimum atomic E-state index is 0.572. The molecule has 0 atom stereocenters. The lowest BCUT2D eigenvalue weighted by atomic mass is 9.98. The summed E-state index contributed by atoms with van der Waals surface area (Å²) in [6, 6.07) is 79.5. The monoisotopic (exact) mass is 791 g/mol. The van der Waals surface area contributed by atoms with Crippen LogP contribution in [0.4, 0.5) is 0 Å². The lowest BCUT2D eigenvalue weighted by molar-refractivity contribution is 0.953. The van der Waals surface area contributed by atoms with Crippen LogP contribution in [0.1, 0.15) is 0 Å². The molecule has 62 heavy (non-hydrogen) atoms. The second-order valence-corrected chi connectivity index (χ2v) is 15.7. The molecule has 5 heteroatoms. The Labute approximate surface area is 358 Å². The Balaban J connectivity index is 1.09. The molecule has 0 N–H and O–H groups in total. The van der Waals surface area contributed by atoms with Crippen LogP contribution in [-0.2, 0) is 0 Å². The molecule has 9 aromatic carbocycles. The molecule has 0 amide bonds. The maximum Gasteiger partial charge on any atom is 0.238 e. The SMILES string of the molecule is c1ccc(-c2ccc3c(c2)c2cc(-c4ccc5c(c4)c4cc(-c6ccccc6)ccc4n5-c4nc(-c5ccccc5)nc(-c5ccccc5)n4)ccc2n3-c2ccccc2)cc1. The third kappa shape index (κ3) is 6.06. The third-order valence-electron chi connectivity index (χ3n) is 12.0. The first-order chi connectivity index (χ1) is 30.7. The van der Waals surface area contributed by atoms with Crippen molar-refractivity contribution in [2.45, 2.75) is 0 Å². The summed E-state index contributed by atoms with van der Waals surface area (Å²) < 4.78 is 4.58. The topological polar surface area (TPSA) is 48.5 Å². The molecule has 0 saturated carbocycles. The lowest BCUT2D eigenvalue weighted by Gasteiger charge is -2.11. The van der Waals surface area contributed by atoms with Gasteiger partial charge in [-0.25, -0.2) is 4.98 Å². The molecule has 5 nitrogen and oxygen atoms in total. The number of benzene rings is 9. The highest BCUT2D eigenvalue weighted by Crippen LogP contribution is 2.40. The summed E-state index contributed by atoms with van der Waals surface area (Å²) in [7, 11) is 0. The number of hydrogen-bond acceptors (Lipinski definition) is 3. The molecule has 0 aliphatic rings. The van der Waals surface area contributed by atoms with Crippen molar-refractivity contribution in [2.75, 3.05) is 0 Å². The van der Waals surface area contributed by atoms with Gasteiger partial charge in [0.15, 0.2) is 11.6 Å². The van der Waals surface area contributed by atoms with Crippen molar-refractivity contribution in [3.8, 4) is 67.8 Å². The Hall–Kier alpha value is -8.41. The van der Waals surface area contributed by atoms with E-state index < -0.39 is 0 Å². The van der Waals surface area contributed by atoms with E-state index in [0.717, 1.165) is 55.3 Å². The molecule has 0 spiro atoms. The molecular formula is C57H37N5. The van der Waals surface area contributed by atoms with Gasteiger partial charge in [0.2, 0.25) is 5.95 Å². The van der Waals surface area contributed by atoms with Crippen LogP contribution in [0.5, 0.6) is 0 Å². The van der Waals surface area contributed by atoms with Crippen LogP contribution in [0.25, 0.3) is 111 Å². The fourth-order valence-corrected chi connectivity index (χ4v) is 8.99. The van der Waals surface area contributed by atoms with Crippen LogP contribution in [-0.4, -0.2) is 24.1 Å². The van der Waals surface area contributed by atoms with Crippen molar-refractivity contribution >= 4 is 43.6 Å². The van der Waals surface area contributed by atoms with Crippen LogP contribution in [0, 0.1) is 0 Å². The number of rotatable bonds is 7. The molecule has 0 aliphatic heterocycles. The van der Waals surface area contributed by atoms with Crippen molar-refractivity contribution in [3.05, 3.63) is 224 Å².